The molecule has 1 aromatic rings. The second-order valence-corrected chi connectivity index (χ2v) is 4.07. The van der Waals surface area contributed by atoms with Crippen LogP contribution in [0.15, 0.2) is 16.9 Å². The fourth-order valence-electron chi connectivity index (χ4n) is 0.720. The molecule has 0 saturated heterocycles. The van der Waals surface area contributed by atoms with E-state index >= 15 is 0 Å². The highest BCUT2D eigenvalue weighted by molar-refractivity contribution is 7.11. The van der Waals surface area contributed by atoms with Gasteiger partial charge in [0.2, 0.25) is 0 Å². The van der Waals surface area contributed by atoms with E-state index in [1.54, 1.807) is 29.3 Å². The Labute approximate surface area is 82.4 Å². The Morgan fingerprint density at radius 3 is 3.15 bits per heavy atom. The number of nitrogens with zero attached hydrogens (tertiary/aromatic N) is 2. The third-order valence-corrected chi connectivity index (χ3v) is 2.20. The Bertz CT molecular complexity index is 244. The van der Waals surface area contributed by atoms with E-state index in [4.69, 9.17) is 4.84 Å². The molecule has 1 rings (SSSR count). The Morgan fingerprint density at radius 2 is 2.54 bits per heavy atom. The first kappa shape index (κ1) is 10.2. The second kappa shape index (κ2) is 5.70. The lowest BCUT2D eigenvalue weighted by Crippen LogP contribution is -1.94. The van der Waals surface area contributed by atoms with Gasteiger partial charge in [-0.05, 0) is 12.3 Å². The summed E-state index contributed by atoms with van der Waals surface area (Å²) in [6.45, 7) is 5.01. The van der Waals surface area contributed by atoms with Gasteiger partial charge in [0.15, 0.2) is 0 Å². The van der Waals surface area contributed by atoms with Crippen molar-refractivity contribution in [3.63, 3.8) is 0 Å². The van der Waals surface area contributed by atoms with Crippen LogP contribution in [0.2, 0.25) is 0 Å². The largest absolute Gasteiger partial charge is 0.396 e. The molecule has 0 fully saturated rings. The molecule has 0 aliphatic rings. The number of oxime groups is 1. The van der Waals surface area contributed by atoms with Crippen LogP contribution in [0.25, 0.3) is 0 Å². The molecule has 0 radical (unpaired) electrons. The van der Waals surface area contributed by atoms with E-state index in [9.17, 15) is 0 Å². The summed E-state index contributed by atoms with van der Waals surface area (Å²) in [5.74, 6) is 0.665. The van der Waals surface area contributed by atoms with Crippen LogP contribution in [0, 0.1) is 5.92 Å². The van der Waals surface area contributed by atoms with Crippen molar-refractivity contribution in [1.82, 2.24) is 4.98 Å². The van der Waals surface area contributed by atoms with Gasteiger partial charge in [-0.2, -0.15) is 0 Å². The molecule has 0 aliphatic heterocycles. The zero-order chi connectivity index (χ0) is 9.52. The molecule has 0 N–H and O–H groups in total. The third kappa shape index (κ3) is 4.62. The Kier molecular flexibility index (Phi) is 4.46. The molecule has 72 valence electrons. The minimum absolute atomic E-state index is 0.665. The summed E-state index contributed by atoms with van der Waals surface area (Å²) in [5.41, 5.74) is 1.77. The van der Waals surface area contributed by atoms with Crippen molar-refractivity contribution in [2.75, 3.05) is 6.61 Å². The van der Waals surface area contributed by atoms with Gasteiger partial charge in [-0.3, -0.25) is 4.98 Å². The van der Waals surface area contributed by atoms with Crippen LogP contribution in [0.1, 0.15) is 25.1 Å². The summed E-state index contributed by atoms with van der Waals surface area (Å²) in [4.78, 5) is 10.0. The lowest BCUT2D eigenvalue weighted by Gasteiger charge is -2.01. The van der Waals surface area contributed by atoms with Crippen molar-refractivity contribution in [2.24, 2.45) is 11.1 Å². The molecule has 3 nitrogen and oxygen atoms in total. The Hall–Kier alpha value is -0.900. The highest BCUT2D eigenvalue weighted by Crippen LogP contribution is 2.02. The molecule has 0 aromatic carbocycles. The summed E-state index contributed by atoms with van der Waals surface area (Å²) >= 11 is 1.55. The van der Waals surface area contributed by atoms with Crippen molar-refractivity contribution >= 4 is 17.6 Å². The van der Waals surface area contributed by atoms with E-state index in [1.165, 1.54) is 0 Å². The number of rotatable bonds is 5. The van der Waals surface area contributed by atoms with Gasteiger partial charge >= 0.3 is 0 Å². The first-order valence-corrected chi connectivity index (χ1v) is 5.21. The quantitative estimate of drug-likeness (QED) is 0.414. The number of hydrogen-bond acceptors (Lipinski definition) is 4. The zero-order valence-corrected chi connectivity index (χ0v) is 8.75. The average Bonchev–Trinajstić information content (AvgIpc) is 2.55. The highest BCUT2D eigenvalue weighted by Gasteiger charge is 1.92. The molecular formula is C9H14N2OS. The molecule has 0 spiro atoms. The van der Waals surface area contributed by atoms with Crippen LogP contribution < -0.4 is 0 Å². The normalized spacial score (nSPS) is 11.3. The minimum atomic E-state index is 0.665. The van der Waals surface area contributed by atoms with Crippen molar-refractivity contribution in [3.8, 4) is 0 Å². The smallest absolute Gasteiger partial charge is 0.117 e. The van der Waals surface area contributed by atoms with E-state index < -0.39 is 0 Å². The maximum atomic E-state index is 5.07. The molecule has 0 unspecified atom stereocenters. The van der Waals surface area contributed by atoms with Crippen LogP contribution in [-0.4, -0.2) is 17.8 Å². The van der Waals surface area contributed by atoms with Crippen LogP contribution >= 0.6 is 11.3 Å². The molecule has 0 aliphatic carbocycles. The van der Waals surface area contributed by atoms with E-state index in [0.717, 1.165) is 11.3 Å². The maximum absolute atomic E-state index is 5.07. The average molecular weight is 198 g/mol. The van der Waals surface area contributed by atoms with Gasteiger partial charge in [-0.25, -0.2) is 0 Å². The van der Waals surface area contributed by atoms with E-state index in [1.807, 2.05) is 0 Å². The van der Waals surface area contributed by atoms with Crippen LogP contribution in [-0.2, 0) is 4.84 Å². The number of thiazole rings is 1. The molecule has 0 bridgehead atoms. The van der Waals surface area contributed by atoms with Crippen molar-refractivity contribution < 1.29 is 4.84 Å². The number of hydrogen-bond donors (Lipinski definition) is 0. The van der Waals surface area contributed by atoms with E-state index in [0.29, 0.717) is 12.5 Å². The SMILES string of the molecule is CC(C)CCON=Cc1cncs1. The predicted molar refractivity (Wildman–Crippen MR) is 55.1 cm³/mol. The van der Waals surface area contributed by atoms with Gasteiger partial charge in [0.25, 0.3) is 0 Å². The molecule has 1 aromatic heterocycles. The van der Waals surface area contributed by atoms with Gasteiger partial charge < -0.3 is 4.84 Å². The second-order valence-electron chi connectivity index (χ2n) is 3.15. The first-order chi connectivity index (χ1) is 6.29. The van der Waals surface area contributed by atoms with Gasteiger partial charge in [-0.1, -0.05) is 19.0 Å². The zero-order valence-electron chi connectivity index (χ0n) is 7.93. The van der Waals surface area contributed by atoms with Crippen LogP contribution in [0.3, 0.4) is 0 Å². The molecule has 13 heavy (non-hydrogen) atoms. The van der Waals surface area contributed by atoms with Crippen LogP contribution in [0.5, 0.6) is 0 Å². The molecule has 4 heteroatoms. The lowest BCUT2D eigenvalue weighted by molar-refractivity contribution is 0.134. The summed E-state index contributed by atoms with van der Waals surface area (Å²) < 4.78 is 0. The maximum Gasteiger partial charge on any atom is 0.117 e. The van der Waals surface area contributed by atoms with Gasteiger partial charge in [-0.15, -0.1) is 11.3 Å². The summed E-state index contributed by atoms with van der Waals surface area (Å²) in [5, 5.41) is 3.83. The molecule has 0 amide bonds. The molecular weight excluding hydrogens is 184 g/mol. The topological polar surface area (TPSA) is 34.5 Å². The van der Waals surface area contributed by atoms with E-state index in [-0.39, 0.29) is 0 Å². The first-order valence-electron chi connectivity index (χ1n) is 4.33. The monoisotopic (exact) mass is 198 g/mol. The Balaban J connectivity index is 2.12. The van der Waals surface area contributed by atoms with Gasteiger partial charge in [0.05, 0.1) is 16.6 Å². The number of aromatic nitrogens is 1. The molecule has 0 atom stereocenters. The minimum Gasteiger partial charge on any atom is -0.396 e. The highest BCUT2D eigenvalue weighted by atomic mass is 32.1. The summed E-state index contributed by atoms with van der Waals surface area (Å²) in [7, 11) is 0. The third-order valence-electron chi connectivity index (χ3n) is 1.49. The van der Waals surface area contributed by atoms with Crippen molar-refractivity contribution in [3.05, 3.63) is 16.6 Å². The fraction of sp³-hybridized carbons (Fsp3) is 0.556. The van der Waals surface area contributed by atoms with Crippen molar-refractivity contribution in [2.45, 2.75) is 20.3 Å². The van der Waals surface area contributed by atoms with Gasteiger partial charge in [0.1, 0.15) is 6.61 Å². The Morgan fingerprint density at radius 1 is 1.69 bits per heavy atom. The predicted octanol–water partition coefficient (Wildman–Crippen LogP) is 2.54. The van der Waals surface area contributed by atoms with Crippen molar-refractivity contribution in [1.29, 1.82) is 0 Å². The standard InChI is InChI=1S/C9H14N2OS/c1-8(2)3-4-12-11-6-9-5-10-7-13-9/h5-8H,3-4H2,1-2H3. The molecule has 0 saturated carbocycles. The molecule has 1 heterocycles. The van der Waals surface area contributed by atoms with Crippen LogP contribution in [0.4, 0.5) is 0 Å². The van der Waals surface area contributed by atoms with E-state index in [2.05, 4.69) is 24.0 Å². The fourth-order valence-corrected chi connectivity index (χ4v) is 1.19. The summed E-state index contributed by atoms with van der Waals surface area (Å²) in [6.07, 6.45) is 4.50. The lowest BCUT2D eigenvalue weighted by atomic mass is 10.1. The van der Waals surface area contributed by atoms with Gasteiger partial charge in [0, 0.05) is 6.20 Å². The summed E-state index contributed by atoms with van der Waals surface area (Å²) in [6, 6.07) is 0.